The number of nitrogens with zero attached hydrogens (tertiary/aromatic N) is 2. The van der Waals surface area contributed by atoms with Gasteiger partial charge in [0.15, 0.2) is 0 Å². The van der Waals surface area contributed by atoms with E-state index in [2.05, 4.69) is 60.7 Å². The molecule has 0 fully saturated rings. The molecule has 5 nitrogen and oxygen atoms in total. The number of halogens is 2. The average molecular weight is 536 g/mol. The molecule has 0 bridgehead atoms. The molecule has 0 aliphatic carbocycles. The lowest BCUT2D eigenvalue weighted by Gasteiger charge is -2.12. The van der Waals surface area contributed by atoms with Gasteiger partial charge in [-0.3, -0.25) is 10.1 Å². The maximum absolute atomic E-state index is 11.3. The number of fused-ring (bicyclic) bond motifs is 7. The van der Waals surface area contributed by atoms with E-state index < -0.39 is 4.92 Å². The minimum atomic E-state index is -0.400. The van der Waals surface area contributed by atoms with Crippen molar-refractivity contribution in [3.8, 4) is 5.69 Å². The molecule has 0 saturated heterocycles. The lowest BCUT2D eigenvalue weighted by Crippen LogP contribution is -1.98. The van der Waals surface area contributed by atoms with E-state index in [1.54, 1.807) is 0 Å². The van der Waals surface area contributed by atoms with Crippen molar-refractivity contribution in [2.45, 2.75) is 0 Å². The van der Waals surface area contributed by atoms with E-state index in [0.29, 0.717) is 8.95 Å². The summed E-state index contributed by atoms with van der Waals surface area (Å²) in [6.45, 7) is 0. The Labute approximate surface area is 192 Å². The van der Waals surface area contributed by atoms with Crippen LogP contribution in [0.15, 0.2) is 86.2 Å². The minimum absolute atomic E-state index is 0.0166. The maximum atomic E-state index is 11.3. The molecular weight excluding hydrogens is 524 g/mol. The van der Waals surface area contributed by atoms with E-state index in [9.17, 15) is 10.1 Å². The Morgan fingerprint density at radius 1 is 0.806 bits per heavy atom. The van der Waals surface area contributed by atoms with E-state index in [-0.39, 0.29) is 5.69 Å². The van der Waals surface area contributed by atoms with Crippen LogP contribution in [0.25, 0.3) is 49.4 Å². The van der Waals surface area contributed by atoms with E-state index in [1.807, 2.05) is 36.4 Å². The number of para-hydroxylation sites is 2. The Hall–Kier alpha value is -3.16. The highest BCUT2D eigenvalue weighted by molar-refractivity contribution is 9.11. The van der Waals surface area contributed by atoms with Gasteiger partial charge in [-0.25, -0.2) is 0 Å². The monoisotopic (exact) mass is 534 g/mol. The highest BCUT2D eigenvalue weighted by Gasteiger charge is 2.22. The first kappa shape index (κ1) is 18.6. The van der Waals surface area contributed by atoms with Gasteiger partial charge in [-0.15, -0.1) is 0 Å². The van der Waals surface area contributed by atoms with Gasteiger partial charge in [0.25, 0.3) is 5.69 Å². The Morgan fingerprint density at radius 3 is 2.23 bits per heavy atom. The van der Waals surface area contributed by atoms with Crippen molar-refractivity contribution in [3.63, 3.8) is 0 Å². The van der Waals surface area contributed by atoms with E-state index >= 15 is 0 Å². The molecule has 2 heterocycles. The lowest BCUT2D eigenvalue weighted by molar-refractivity contribution is -0.385. The fourth-order valence-electron chi connectivity index (χ4n) is 4.35. The fourth-order valence-corrected chi connectivity index (χ4v) is 5.86. The molecule has 0 spiro atoms. The van der Waals surface area contributed by atoms with Crippen LogP contribution < -0.4 is 0 Å². The van der Waals surface area contributed by atoms with Crippen LogP contribution in [0.4, 0.5) is 5.69 Å². The summed E-state index contributed by atoms with van der Waals surface area (Å²) in [6.07, 6.45) is 0. The van der Waals surface area contributed by atoms with Crippen LogP contribution in [-0.4, -0.2) is 9.49 Å². The molecule has 31 heavy (non-hydrogen) atoms. The molecule has 0 saturated carbocycles. The summed E-state index contributed by atoms with van der Waals surface area (Å²) in [5.41, 5.74) is 4.45. The van der Waals surface area contributed by atoms with E-state index in [0.717, 1.165) is 49.4 Å². The van der Waals surface area contributed by atoms with Gasteiger partial charge in [0.1, 0.15) is 11.2 Å². The van der Waals surface area contributed by atoms with Gasteiger partial charge >= 0.3 is 0 Å². The summed E-state index contributed by atoms with van der Waals surface area (Å²) < 4.78 is 9.67. The zero-order valence-corrected chi connectivity index (χ0v) is 19.0. The fraction of sp³-hybridized carbons (Fsp3) is 0. The van der Waals surface area contributed by atoms with Gasteiger partial charge in [-0.1, -0.05) is 36.4 Å². The second-order valence-corrected chi connectivity index (χ2v) is 9.01. The number of aromatic nitrogens is 1. The first-order valence-corrected chi connectivity index (χ1v) is 11.1. The first-order valence-electron chi connectivity index (χ1n) is 9.52. The van der Waals surface area contributed by atoms with E-state index in [1.165, 1.54) is 12.1 Å². The third kappa shape index (κ3) is 2.60. The molecule has 0 atom stereocenters. The molecule has 0 amide bonds. The topological polar surface area (TPSA) is 61.2 Å². The Kier molecular flexibility index (Phi) is 4.00. The smallest absolute Gasteiger partial charge is 0.271 e. The number of hydrogen-bond donors (Lipinski definition) is 0. The number of furan rings is 1. The summed E-state index contributed by atoms with van der Waals surface area (Å²) in [7, 11) is 0. The van der Waals surface area contributed by atoms with Gasteiger partial charge in [0.2, 0.25) is 0 Å². The third-order valence-corrected chi connectivity index (χ3v) is 6.83. The highest BCUT2D eigenvalue weighted by Crippen LogP contribution is 2.43. The molecular formula is C24H12Br2N2O3. The summed E-state index contributed by atoms with van der Waals surface area (Å²) in [4.78, 5) is 10.9. The average Bonchev–Trinajstić information content (AvgIpc) is 3.29. The summed E-state index contributed by atoms with van der Waals surface area (Å²) in [6, 6.07) is 23.4. The molecule has 2 aromatic heterocycles. The maximum Gasteiger partial charge on any atom is 0.271 e. The van der Waals surface area contributed by atoms with Crippen molar-refractivity contribution in [1.29, 1.82) is 0 Å². The number of non-ortho nitro benzene ring substituents is 1. The number of nitro groups is 1. The zero-order valence-electron chi connectivity index (χ0n) is 15.8. The first-order chi connectivity index (χ1) is 15.0. The van der Waals surface area contributed by atoms with Gasteiger partial charge in [0.05, 0.1) is 27.0 Å². The SMILES string of the molecule is O=[N+]([O-])c1cc(Br)c(-n2c3ccccc3c3c4oc5ccccc5c4ccc32)c(Br)c1. The van der Waals surface area contributed by atoms with Crippen molar-refractivity contribution in [3.05, 3.63) is 91.9 Å². The van der Waals surface area contributed by atoms with Crippen LogP contribution in [0.5, 0.6) is 0 Å². The predicted octanol–water partition coefficient (Wildman–Crippen LogP) is 8.12. The van der Waals surface area contributed by atoms with Crippen molar-refractivity contribution in [2.24, 2.45) is 0 Å². The van der Waals surface area contributed by atoms with Crippen molar-refractivity contribution in [1.82, 2.24) is 4.57 Å². The molecule has 0 aliphatic heterocycles. The minimum Gasteiger partial charge on any atom is -0.455 e. The van der Waals surface area contributed by atoms with Crippen LogP contribution in [0.3, 0.4) is 0 Å². The van der Waals surface area contributed by atoms with Gasteiger partial charge in [0, 0.05) is 37.2 Å². The van der Waals surface area contributed by atoms with Gasteiger partial charge in [-0.05, 0) is 56.1 Å². The second-order valence-electron chi connectivity index (χ2n) is 7.30. The molecule has 0 aliphatic rings. The molecule has 7 heteroatoms. The largest absolute Gasteiger partial charge is 0.455 e. The van der Waals surface area contributed by atoms with Crippen molar-refractivity contribution >= 4 is 81.3 Å². The molecule has 0 radical (unpaired) electrons. The summed E-state index contributed by atoms with van der Waals surface area (Å²) >= 11 is 7.12. The Morgan fingerprint density at radius 2 is 1.48 bits per heavy atom. The summed E-state index contributed by atoms with van der Waals surface area (Å²) in [5, 5.41) is 15.5. The van der Waals surface area contributed by atoms with Crippen LogP contribution in [0, 0.1) is 10.1 Å². The standard InChI is InChI=1S/C24H12Br2N2O3/c25-17-11-13(28(29)30)12-18(26)23(17)27-19-7-3-1-6-16(19)22-20(27)10-9-15-14-5-2-4-8-21(14)31-24(15)22/h1-12H. The van der Waals surface area contributed by atoms with Gasteiger partial charge in [-0.2, -0.15) is 0 Å². The quantitative estimate of drug-likeness (QED) is 0.166. The number of hydrogen-bond acceptors (Lipinski definition) is 3. The van der Waals surface area contributed by atoms with Crippen LogP contribution in [0.1, 0.15) is 0 Å². The molecule has 4 aromatic carbocycles. The van der Waals surface area contributed by atoms with Crippen LogP contribution in [0.2, 0.25) is 0 Å². The van der Waals surface area contributed by atoms with Crippen LogP contribution in [-0.2, 0) is 0 Å². The Bertz CT molecular complexity index is 1680. The van der Waals surface area contributed by atoms with Crippen molar-refractivity contribution < 1.29 is 9.34 Å². The number of benzene rings is 4. The molecule has 6 aromatic rings. The molecule has 6 rings (SSSR count). The zero-order chi connectivity index (χ0) is 21.3. The number of rotatable bonds is 2. The van der Waals surface area contributed by atoms with Gasteiger partial charge < -0.3 is 8.98 Å². The normalized spacial score (nSPS) is 11.8. The predicted molar refractivity (Wildman–Crippen MR) is 130 cm³/mol. The molecule has 0 N–H and O–H groups in total. The number of nitro benzene ring substituents is 1. The Balaban J connectivity index is 1.81. The highest BCUT2D eigenvalue weighted by atomic mass is 79.9. The summed E-state index contributed by atoms with van der Waals surface area (Å²) in [5.74, 6) is 0. The molecule has 0 unspecified atom stereocenters. The van der Waals surface area contributed by atoms with E-state index in [4.69, 9.17) is 4.42 Å². The molecule has 150 valence electrons. The van der Waals surface area contributed by atoms with Crippen LogP contribution >= 0.6 is 31.9 Å². The van der Waals surface area contributed by atoms with Crippen molar-refractivity contribution in [2.75, 3.05) is 0 Å². The lowest BCUT2D eigenvalue weighted by atomic mass is 10.1. The third-order valence-electron chi connectivity index (χ3n) is 5.62. The second kappa shape index (κ2) is 6.67.